The minimum atomic E-state index is 0.302. The zero-order valence-electron chi connectivity index (χ0n) is 17.7. The number of guanidine groups is 1. The smallest absolute Gasteiger partial charge is 0.225 e. The third-order valence-corrected chi connectivity index (χ3v) is 6.12. The highest BCUT2D eigenvalue weighted by atomic mass is 16.2. The van der Waals surface area contributed by atoms with Crippen LogP contribution in [0.4, 0.5) is 0 Å². The van der Waals surface area contributed by atoms with Crippen LogP contribution in [0, 0.1) is 5.92 Å². The largest absolute Gasteiger partial charge is 0.355 e. The van der Waals surface area contributed by atoms with Crippen LogP contribution in [0.2, 0.25) is 0 Å². The van der Waals surface area contributed by atoms with Crippen LogP contribution in [0.25, 0.3) is 0 Å². The molecular formula is C21H36N6O. The fourth-order valence-electron chi connectivity index (χ4n) is 4.31. The van der Waals surface area contributed by atoms with Gasteiger partial charge in [0.2, 0.25) is 5.91 Å². The Kier molecular flexibility index (Phi) is 7.36. The molecule has 7 nitrogen and oxygen atoms in total. The summed E-state index contributed by atoms with van der Waals surface area (Å²) in [5, 5.41) is 3.47. The molecule has 0 radical (unpaired) electrons. The quantitative estimate of drug-likeness (QED) is 0.591. The van der Waals surface area contributed by atoms with E-state index in [1.807, 2.05) is 7.05 Å². The zero-order valence-corrected chi connectivity index (χ0v) is 17.7. The van der Waals surface area contributed by atoms with Crippen molar-refractivity contribution in [1.29, 1.82) is 0 Å². The first-order valence-corrected chi connectivity index (χ1v) is 10.6. The molecule has 1 aromatic rings. The van der Waals surface area contributed by atoms with Crippen LogP contribution >= 0.6 is 0 Å². The van der Waals surface area contributed by atoms with Crippen molar-refractivity contribution in [2.45, 2.75) is 32.2 Å². The topological polar surface area (TPSA) is 56.1 Å². The Morgan fingerprint density at radius 2 is 1.96 bits per heavy atom. The van der Waals surface area contributed by atoms with Crippen LogP contribution in [0.15, 0.2) is 23.3 Å². The van der Waals surface area contributed by atoms with Gasteiger partial charge >= 0.3 is 0 Å². The second-order valence-electron chi connectivity index (χ2n) is 8.09. The Morgan fingerprint density at radius 3 is 2.57 bits per heavy atom. The maximum absolute atomic E-state index is 12.6. The second-order valence-corrected chi connectivity index (χ2v) is 8.09. The summed E-state index contributed by atoms with van der Waals surface area (Å²) in [6.07, 6.45) is 6.71. The van der Waals surface area contributed by atoms with E-state index >= 15 is 0 Å². The van der Waals surface area contributed by atoms with E-state index in [4.69, 9.17) is 0 Å². The number of amides is 1. The van der Waals surface area contributed by atoms with Gasteiger partial charge in [0.1, 0.15) is 0 Å². The maximum Gasteiger partial charge on any atom is 0.225 e. The van der Waals surface area contributed by atoms with Gasteiger partial charge in [0.25, 0.3) is 0 Å². The van der Waals surface area contributed by atoms with Gasteiger partial charge in [-0.1, -0.05) is 12.8 Å². The molecule has 1 saturated carbocycles. The van der Waals surface area contributed by atoms with Crippen LogP contribution < -0.4 is 5.32 Å². The van der Waals surface area contributed by atoms with E-state index < -0.39 is 0 Å². The van der Waals surface area contributed by atoms with Gasteiger partial charge in [-0.15, -0.1) is 0 Å². The molecule has 2 aliphatic rings. The summed E-state index contributed by atoms with van der Waals surface area (Å²) in [4.78, 5) is 23.6. The number of rotatable bonds is 6. The summed E-state index contributed by atoms with van der Waals surface area (Å²) >= 11 is 0. The number of aromatic nitrogens is 1. The van der Waals surface area contributed by atoms with Gasteiger partial charge in [-0.3, -0.25) is 14.7 Å². The summed E-state index contributed by atoms with van der Waals surface area (Å²) in [5.74, 6) is 1.62. The number of nitrogens with one attached hydrogen (secondary N) is 1. The van der Waals surface area contributed by atoms with Crippen molar-refractivity contribution in [3.63, 3.8) is 0 Å². The lowest BCUT2D eigenvalue weighted by molar-refractivity contribution is -0.137. The van der Waals surface area contributed by atoms with E-state index in [-0.39, 0.29) is 0 Å². The van der Waals surface area contributed by atoms with Crippen LogP contribution in [0.5, 0.6) is 0 Å². The molecule has 1 N–H and O–H groups in total. The second kappa shape index (κ2) is 9.96. The summed E-state index contributed by atoms with van der Waals surface area (Å²) in [6.45, 7) is 6.35. The molecule has 0 aromatic carbocycles. The van der Waals surface area contributed by atoms with Crippen LogP contribution in [0.3, 0.4) is 0 Å². The summed E-state index contributed by atoms with van der Waals surface area (Å²) in [7, 11) is 5.96. The molecule has 0 bridgehead atoms. The average molecular weight is 389 g/mol. The highest BCUT2D eigenvalue weighted by Gasteiger charge is 2.29. The van der Waals surface area contributed by atoms with E-state index in [2.05, 4.69) is 62.0 Å². The molecule has 1 aromatic heterocycles. The normalized spacial score (nSPS) is 19.2. The predicted octanol–water partition coefficient (Wildman–Crippen LogP) is 1.37. The predicted molar refractivity (Wildman–Crippen MR) is 113 cm³/mol. The molecule has 2 heterocycles. The standard InChI is InChI=1S/C21H36N6O/c1-22-21(25(3)17-19-9-6-11-24(19)2)23-10-12-26-13-15-27(16-14-26)20(28)18-7-4-5-8-18/h6,9,11,18H,4-5,7-8,10,12-17H2,1-3H3,(H,22,23). The van der Waals surface area contributed by atoms with Crippen molar-refractivity contribution >= 4 is 11.9 Å². The molecule has 0 unspecified atom stereocenters. The Balaban J connectivity index is 1.36. The monoisotopic (exact) mass is 388 g/mol. The van der Waals surface area contributed by atoms with Crippen molar-refractivity contribution in [2.75, 3.05) is 53.4 Å². The van der Waals surface area contributed by atoms with Gasteiger partial charge in [0.15, 0.2) is 5.96 Å². The molecule has 3 rings (SSSR count). The number of aryl methyl sites for hydroxylation is 1. The Bertz CT molecular complexity index is 656. The van der Waals surface area contributed by atoms with Gasteiger partial charge in [0, 0.05) is 78.2 Å². The Morgan fingerprint density at radius 1 is 1.25 bits per heavy atom. The minimum Gasteiger partial charge on any atom is -0.355 e. The van der Waals surface area contributed by atoms with Gasteiger partial charge in [0.05, 0.1) is 6.54 Å². The molecule has 28 heavy (non-hydrogen) atoms. The van der Waals surface area contributed by atoms with Crippen molar-refractivity contribution in [1.82, 2.24) is 24.6 Å². The molecule has 2 fully saturated rings. The molecule has 1 aliphatic heterocycles. The van der Waals surface area contributed by atoms with Crippen molar-refractivity contribution in [3.8, 4) is 0 Å². The van der Waals surface area contributed by atoms with E-state index in [0.717, 1.165) is 64.6 Å². The van der Waals surface area contributed by atoms with E-state index in [9.17, 15) is 4.79 Å². The lowest BCUT2D eigenvalue weighted by Gasteiger charge is -2.36. The highest BCUT2D eigenvalue weighted by molar-refractivity contribution is 5.79. The van der Waals surface area contributed by atoms with E-state index in [1.54, 1.807) is 0 Å². The van der Waals surface area contributed by atoms with Gasteiger partial charge in [-0.2, -0.15) is 0 Å². The molecule has 1 saturated heterocycles. The third-order valence-electron chi connectivity index (χ3n) is 6.12. The van der Waals surface area contributed by atoms with Gasteiger partial charge in [-0.05, 0) is 25.0 Å². The number of piperazine rings is 1. The molecule has 0 spiro atoms. The maximum atomic E-state index is 12.6. The average Bonchev–Trinajstić information content (AvgIpc) is 3.38. The first kappa shape index (κ1) is 20.7. The molecule has 1 aliphatic carbocycles. The molecule has 1 amide bonds. The Hall–Kier alpha value is -2.02. The molecule has 0 atom stereocenters. The minimum absolute atomic E-state index is 0.302. The van der Waals surface area contributed by atoms with Crippen molar-refractivity contribution < 1.29 is 4.79 Å². The lowest BCUT2D eigenvalue weighted by atomic mass is 10.1. The van der Waals surface area contributed by atoms with Gasteiger partial charge < -0.3 is 19.7 Å². The van der Waals surface area contributed by atoms with E-state index in [0.29, 0.717) is 11.8 Å². The molecule has 7 heteroatoms. The fraction of sp³-hybridized carbons (Fsp3) is 0.714. The number of carbonyl (C=O) groups is 1. The number of carbonyl (C=O) groups excluding carboxylic acids is 1. The van der Waals surface area contributed by atoms with Crippen molar-refractivity contribution in [3.05, 3.63) is 24.0 Å². The zero-order chi connectivity index (χ0) is 19.9. The number of nitrogens with zero attached hydrogens (tertiary/aromatic N) is 5. The van der Waals surface area contributed by atoms with E-state index in [1.165, 1.54) is 18.5 Å². The fourth-order valence-corrected chi connectivity index (χ4v) is 4.31. The first-order chi connectivity index (χ1) is 13.6. The SMILES string of the molecule is CN=C(NCCN1CCN(C(=O)C2CCCC2)CC1)N(C)Cc1cccn1C. The summed E-state index contributed by atoms with van der Waals surface area (Å²) < 4.78 is 2.14. The highest BCUT2D eigenvalue weighted by Crippen LogP contribution is 2.26. The number of aliphatic imine (C=N–C) groups is 1. The van der Waals surface area contributed by atoms with Gasteiger partial charge in [-0.25, -0.2) is 0 Å². The summed E-state index contributed by atoms with van der Waals surface area (Å²) in [5.41, 5.74) is 1.26. The number of hydrogen-bond donors (Lipinski definition) is 1. The third kappa shape index (κ3) is 5.28. The lowest BCUT2D eigenvalue weighted by Crippen LogP contribution is -2.52. The summed E-state index contributed by atoms with van der Waals surface area (Å²) in [6, 6.07) is 4.20. The van der Waals surface area contributed by atoms with Crippen LogP contribution in [0.1, 0.15) is 31.4 Å². The molecule has 156 valence electrons. The van der Waals surface area contributed by atoms with Crippen molar-refractivity contribution in [2.24, 2.45) is 18.0 Å². The molecular weight excluding hydrogens is 352 g/mol. The Labute approximate surface area is 169 Å². The van der Waals surface area contributed by atoms with Crippen LogP contribution in [-0.4, -0.2) is 84.5 Å². The first-order valence-electron chi connectivity index (χ1n) is 10.6. The van der Waals surface area contributed by atoms with Crippen LogP contribution in [-0.2, 0) is 18.4 Å². The number of hydrogen-bond acceptors (Lipinski definition) is 3.